The van der Waals surface area contributed by atoms with Crippen LogP contribution in [0.4, 0.5) is 0 Å². The van der Waals surface area contributed by atoms with Crippen LogP contribution in [0.1, 0.15) is 297 Å². The first kappa shape index (κ1) is 96.9. The fraction of sp³-hybridized carbons (Fsp3) is 0.663. The zero-order chi connectivity index (χ0) is 74.6. The van der Waals surface area contributed by atoms with Gasteiger partial charge in [0.2, 0.25) is 0 Å². The van der Waals surface area contributed by atoms with Gasteiger partial charge < -0.3 is 33.8 Å². The number of rotatable bonds is 72. The van der Waals surface area contributed by atoms with Crippen molar-refractivity contribution in [3.8, 4) is 0 Å². The highest BCUT2D eigenvalue weighted by Gasteiger charge is 2.30. The summed E-state index contributed by atoms with van der Waals surface area (Å²) in [5.41, 5.74) is 0. The Kier molecular flexibility index (Phi) is 70.5. The largest absolute Gasteiger partial charge is 0.472 e. The predicted molar refractivity (Wildman–Crippen MR) is 417 cm³/mol. The molecule has 19 heteroatoms. The van der Waals surface area contributed by atoms with Gasteiger partial charge in [0.15, 0.2) is 12.2 Å². The average Bonchev–Trinajstić information content (AvgIpc) is 0.923. The fourth-order valence-corrected chi connectivity index (χ4v) is 11.4. The molecule has 0 aliphatic carbocycles. The lowest BCUT2D eigenvalue weighted by Gasteiger charge is -2.21. The van der Waals surface area contributed by atoms with Crippen molar-refractivity contribution in [1.29, 1.82) is 0 Å². The molecule has 0 rings (SSSR count). The highest BCUT2D eigenvalue weighted by Crippen LogP contribution is 2.45. The van der Waals surface area contributed by atoms with Crippen LogP contribution in [0.2, 0.25) is 0 Å². The Morgan fingerprint density at radius 3 is 0.912 bits per heavy atom. The minimum absolute atomic E-state index is 0.00134. The van der Waals surface area contributed by atoms with E-state index in [1.807, 2.05) is 30.4 Å². The molecule has 0 aromatic heterocycles. The minimum Gasteiger partial charge on any atom is -0.462 e. The van der Waals surface area contributed by atoms with Crippen LogP contribution >= 0.6 is 15.6 Å². The summed E-state index contributed by atoms with van der Waals surface area (Å²) in [6.45, 7) is 4.52. The van der Waals surface area contributed by atoms with Gasteiger partial charge in [-0.1, -0.05) is 263 Å². The number of phosphoric ester groups is 2. The van der Waals surface area contributed by atoms with Crippen molar-refractivity contribution in [2.24, 2.45) is 0 Å². The van der Waals surface area contributed by atoms with Gasteiger partial charge in [0.05, 0.1) is 26.4 Å². The van der Waals surface area contributed by atoms with Gasteiger partial charge in [0.25, 0.3) is 0 Å². The summed E-state index contributed by atoms with van der Waals surface area (Å²) < 4.78 is 68.4. The topological polar surface area (TPSA) is 237 Å². The second-order valence-corrected chi connectivity index (χ2v) is 28.5. The lowest BCUT2D eigenvalue weighted by atomic mass is 10.1. The second-order valence-electron chi connectivity index (χ2n) is 25.6. The Bertz CT molecular complexity index is 2510. The van der Waals surface area contributed by atoms with Crippen molar-refractivity contribution in [2.75, 3.05) is 39.6 Å². The number of phosphoric acid groups is 2. The zero-order valence-corrected chi connectivity index (χ0v) is 65.3. The SMILES string of the molecule is CC/C=C\C/C=C\C/C=C\C/C=C\C/C=C\C/C=C\CCC(=O)OC[C@H](COP(=O)(O)OC[C@@H](O)COP(=O)(O)OC[C@@H](COC(=O)CCCCCCC/C=C\CCCCCC)OC(=O)CCCCCCC/C=C\CCCCCC)OC(=O)CCC/C=C\C/C=C\C/C=C\C/C=C\CCCCC. The van der Waals surface area contributed by atoms with Gasteiger partial charge in [-0.05, 0) is 154 Å². The van der Waals surface area contributed by atoms with Crippen LogP contribution in [-0.4, -0.2) is 96.7 Å². The number of unbranched alkanes of at least 4 members (excludes halogenated alkanes) is 22. The third kappa shape index (κ3) is 73.3. The molecule has 0 aliphatic rings. The quantitative estimate of drug-likeness (QED) is 0.0169. The lowest BCUT2D eigenvalue weighted by Crippen LogP contribution is -2.30. The highest BCUT2D eigenvalue weighted by atomic mass is 31.2. The van der Waals surface area contributed by atoms with E-state index in [-0.39, 0.29) is 25.7 Å². The number of hydrogen-bond donors (Lipinski definition) is 3. The zero-order valence-electron chi connectivity index (χ0n) is 63.5. The van der Waals surface area contributed by atoms with E-state index in [1.54, 1.807) is 0 Å². The summed E-state index contributed by atoms with van der Waals surface area (Å²) in [6, 6.07) is 0. The third-order valence-corrected chi connectivity index (χ3v) is 17.7. The standard InChI is InChI=1S/C83H138O17P2/c1-5-9-13-17-21-25-29-33-35-37-38-40-41-45-48-52-56-60-64-68-81(86)94-74-79(100-83(88)70-66-62-58-54-50-46-42-39-36-34-30-26-22-18-14-10-6-2)76-98-102(91,92)96-72-77(84)71-95-101(89,90)97-75-78(99-82(87)69-65-61-57-53-49-44-32-28-24-20-16-12-8-4)73-93-80(85)67-63-59-55-51-47-43-31-27-23-19-15-11-7-3/h9,13,21-22,25-28,31-36,38,40,42,45-46,48,54,56,58,60,77-79,84H,5-8,10-12,14-20,23-24,29-30,37,39,41,43-44,47,49-53,55,57,59,61-76H2,1-4H3,(H,89,90)(H,91,92)/b13-9-,25-21-,26-22-,31-27-,32-28-,35-33-,36-34-,40-38-,46-42-,48-45-,58-54-,60-56-/t77-,78+,79+/m0/s1. The average molecular weight is 1470 g/mol. The number of carbonyl (C=O) groups excluding carboxylic acids is 4. The van der Waals surface area contributed by atoms with Gasteiger partial charge in [-0.15, -0.1) is 0 Å². The number of esters is 4. The lowest BCUT2D eigenvalue weighted by molar-refractivity contribution is -0.161. The van der Waals surface area contributed by atoms with Gasteiger partial charge >= 0.3 is 39.5 Å². The summed E-state index contributed by atoms with van der Waals surface area (Å²) >= 11 is 0. The van der Waals surface area contributed by atoms with Crippen molar-refractivity contribution < 1.29 is 80.2 Å². The smallest absolute Gasteiger partial charge is 0.462 e. The monoisotopic (exact) mass is 1470 g/mol. The van der Waals surface area contributed by atoms with Crippen LogP contribution in [0.25, 0.3) is 0 Å². The van der Waals surface area contributed by atoms with Crippen molar-refractivity contribution in [2.45, 2.75) is 316 Å². The van der Waals surface area contributed by atoms with Crippen molar-refractivity contribution in [3.05, 3.63) is 146 Å². The molecule has 17 nitrogen and oxygen atoms in total. The van der Waals surface area contributed by atoms with E-state index < -0.39 is 97.5 Å². The van der Waals surface area contributed by atoms with E-state index >= 15 is 0 Å². The molecule has 0 amide bonds. The van der Waals surface area contributed by atoms with Crippen LogP contribution in [-0.2, 0) is 65.4 Å². The summed E-state index contributed by atoms with van der Waals surface area (Å²) in [7, 11) is -10.0. The van der Waals surface area contributed by atoms with E-state index in [1.165, 1.54) is 70.6 Å². The van der Waals surface area contributed by atoms with Gasteiger partial charge in [0, 0.05) is 25.7 Å². The van der Waals surface area contributed by atoms with E-state index in [2.05, 4.69) is 143 Å². The normalized spacial score (nSPS) is 14.7. The molecule has 0 fully saturated rings. The molecule has 0 aliphatic heterocycles. The molecule has 582 valence electrons. The molecule has 0 saturated carbocycles. The third-order valence-electron chi connectivity index (χ3n) is 15.8. The Morgan fingerprint density at radius 1 is 0.284 bits per heavy atom. The Balaban J connectivity index is 5.49. The van der Waals surface area contributed by atoms with Crippen LogP contribution in [0.3, 0.4) is 0 Å². The number of aliphatic hydroxyl groups is 1. The molecule has 102 heavy (non-hydrogen) atoms. The highest BCUT2D eigenvalue weighted by molar-refractivity contribution is 7.47. The maximum Gasteiger partial charge on any atom is 0.472 e. The van der Waals surface area contributed by atoms with Crippen LogP contribution in [0.15, 0.2) is 146 Å². The summed E-state index contributed by atoms with van der Waals surface area (Å²) in [6.07, 6.45) is 84.3. The Hall–Kier alpha value is -5.06. The summed E-state index contributed by atoms with van der Waals surface area (Å²) in [5.74, 6) is -2.36. The predicted octanol–water partition coefficient (Wildman–Crippen LogP) is 22.7. The van der Waals surface area contributed by atoms with Gasteiger partial charge in [-0.3, -0.25) is 37.3 Å². The molecule has 0 radical (unpaired) electrons. The molecule has 0 saturated heterocycles. The van der Waals surface area contributed by atoms with Gasteiger partial charge in [0.1, 0.15) is 19.3 Å². The molecule has 0 bridgehead atoms. The number of ether oxygens (including phenoxy) is 4. The van der Waals surface area contributed by atoms with E-state index in [0.717, 1.165) is 135 Å². The van der Waals surface area contributed by atoms with Gasteiger partial charge in [-0.25, -0.2) is 9.13 Å². The maximum absolute atomic E-state index is 13.1. The molecule has 5 atom stereocenters. The van der Waals surface area contributed by atoms with E-state index in [0.29, 0.717) is 38.5 Å². The van der Waals surface area contributed by atoms with Crippen LogP contribution in [0, 0.1) is 0 Å². The van der Waals surface area contributed by atoms with Crippen molar-refractivity contribution in [1.82, 2.24) is 0 Å². The number of hydrogen-bond acceptors (Lipinski definition) is 15. The maximum atomic E-state index is 13.1. The second kappa shape index (κ2) is 74.2. The minimum atomic E-state index is -5.01. The fourth-order valence-electron chi connectivity index (χ4n) is 9.81. The first-order valence-corrected chi connectivity index (χ1v) is 42.1. The number of aliphatic hydroxyl groups excluding tert-OH is 1. The summed E-state index contributed by atoms with van der Waals surface area (Å²) in [5, 5.41) is 10.6. The van der Waals surface area contributed by atoms with E-state index in [4.69, 9.17) is 37.0 Å². The molecule has 0 heterocycles. The Morgan fingerprint density at radius 2 is 0.539 bits per heavy atom. The molecule has 3 N–H and O–H groups in total. The summed E-state index contributed by atoms with van der Waals surface area (Å²) in [4.78, 5) is 72.9. The number of carbonyl (C=O) groups is 4. The molecular weight excluding hydrogens is 1330 g/mol. The van der Waals surface area contributed by atoms with Gasteiger partial charge in [-0.2, -0.15) is 0 Å². The Labute approximate surface area is 617 Å². The molecule has 0 spiro atoms. The molecule has 0 aromatic carbocycles. The first-order valence-electron chi connectivity index (χ1n) is 39.1. The van der Waals surface area contributed by atoms with Crippen molar-refractivity contribution in [3.63, 3.8) is 0 Å². The van der Waals surface area contributed by atoms with Crippen LogP contribution in [0.5, 0.6) is 0 Å². The molecule has 2 unspecified atom stereocenters. The first-order chi connectivity index (χ1) is 49.7. The van der Waals surface area contributed by atoms with Crippen molar-refractivity contribution >= 4 is 39.5 Å². The molecular formula is C83H138O17P2. The molecule has 0 aromatic rings. The van der Waals surface area contributed by atoms with Crippen LogP contribution < -0.4 is 0 Å². The van der Waals surface area contributed by atoms with E-state index in [9.17, 15) is 43.2 Å². The number of allylic oxidation sites excluding steroid dienone is 24.